The van der Waals surface area contributed by atoms with Crippen molar-refractivity contribution in [3.8, 4) is 0 Å². The third-order valence-electron chi connectivity index (χ3n) is 2.40. The summed E-state index contributed by atoms with van der Waals surface area (Å²) in [5, 5.41) is 0. The summed E-state index contributed by atoms with van der Waals surface area (Å²) in [6, 6.07) is -1.12. The molecule has 4 heteroatoms. The molecule has 0 radical (unpaired) electrons. The molecule has 90 valence electrons. The fourth-order valence-corrected chi connectivity index (χ4v) is 1.10. The molecule has 0 saturated heterocycles. The van der Waals surface area contributed by atoms with Crippen LogP contribution in [-0.2, 0) is 9.53 Å². The summed E-state index contributed by atoms with van der Waals surface area (Å²) < 4.78 is 5.02. The first-order valence-corrected chi connectivity index (χ1v) is 5.48. The molecule has 0 aromatic rings. The highest BCUT2D eigenvalue weighted by atomic mass is 16.5. The highest BCUT2D eigenvalue weighted by Crippen LogP contribution is 2.19. The quantitative estimate of drug-likeness (QED) is 0.531. The fraction of sp³-hybridized carbons (Fsp3) is 0.909. The van der Waals surface area contributed by atoms with Crippen LogP contribution < -0.4 is 11.5 Å². The van der Waals surface area contributed by atoms with E-state index in [0.29, 0.717) is 6.61 Å². The first-order chi connectivity index (χ1) is 6.80. The van der Waals surface area contributed by atoms with Crippen molar-refractivity contribution in [1.29, 1.82) is 0 Å². The summed E-state index contributed by atoms with van der Waals surface area (Å²) in [5.41, 5.74) is 11.4. The monoisotopic (exact) mass is 216 g/mol. The summed E-state index contributed by atoms with van der Waals surface area (Å²) in [7, 11) is 0. The summed E-state index contributed by atoms with van der Waals surface area (Å²) in [6.07, 6.45) is 1.86. The van der Waals surface area contributed by atoms with E-state index in [-0.39, 0.29) is 11.5 Å². The van der Waals surface area contributed by atoms with Crippen LogP contribution in [0.2, 0.25) is 0 Å². The molecule has 0 aromatic heterocycles. The topological polar surface area (TPSA) is 78.3 Å². The van der Waals surface area contributed by atoms with Crippen molar-refractivity contribution in [2.75, 3.05) is 6.61 Å². The number of nitrogens with two attached hydrogens (primary N) is 2. The molecule has 4 N–H and O–H groups in total. The number of esters is 1. The van der Waals surface area contributed by atoms with E-state index in [4.69, 9.17) is 16.2 Å². The van der Waals surface area contributed by atoms with Crippen LogP contribution in [0, 0.1) is 5.41 Å². The zero-order chi connectivity index (χ0) is 12.1. The van der Waals surface area contributed by atoms with Gasteiger partial charge in [0.25, 0.3) is 0 Å². The Kier molecular flexibility index (Phi) is 5.83. The van der Waals surface area contributed by atoms with Gasteiger partial charge in [-0.05, 0) is 11.8 Å². The Morgan fingerprint density at radius 3 is 2.27 bits per heavy atom. The Bertz CT molecular complexity index is 199. The lowest BCUT2D eigenvalue weighted by molar-refractivity contribution is -0.146. The molecular weight excluding hydrogens is 192 g/mol. The number of hydrogen-bond acceptors (Lipinski definition) is 4. The standard InChI is InChI=1S/C11H24N2O2/c1-5-6-7-15-10(14)8(12)9(13)11(2,3)4/h8-9H,5-7,12-13H2,1-4H3. The summed E-state index contributed by atoms with van der Waals surface area (Å²) in [6.45, 7) is 8.33. The van der Waals surface area contributed by atoms with Gasteiger partial charge in [-0.3, -0.25) is 4.79 Å². The molecule has 0 saturated carbocycles. The van der Waals surface area contributed by atoms with E-state index in [1.807, 2.05) is 27.7 Å². The van der Waals surface area contributed by atoms with Gasteiger partial charge in [-0.25, -0.2) is 0 Å². The molecule has 0 spiro atoms. The lowest BCUT2D eigenvalue weighted by atomic mass is 9.83. The maximum atomic E-state index is 11.5. The first kappa shape index (κ1) is 14.4. The zero-order valence-corrected chi connectivity index (χ0v) is 10.2. The Labute approximate surface area is 92.3 Å². The second-order valence-electron chi connectivity index (χ2n) is 4.94. The van der Waals surface area contributed by atoms with Gasteiger partial charge in [0.05, 0.1) is 6.61 Å². The van der Waals surface area contributed by atoms with Crippen molar-refractivity contribution in [3.05, 3.63) is 0 Å². The molecule has 2 atom stereocenters. The van der Waals surface area contributed by atoms with Crippen LogP contribution in [0.15, 0.2) is 0 Å². The van der Waals surface area contributed by atoms with Crippen molar-refractivity contribution in [2.24, 2.45) is 16.9 Å². The van der Waals surface area contributed by atoms with Gasteiger partial charge >= 0.3 is 5.97 Å². The van der Waals surface area contributed by atoms with Crippen LogP contribution in [0.4, 0.5) is 0 Å². The maximum Gasteiger partial charge on any atom is 0.324 e. The molecule has 15 heavy (non-hydrogen) atoms. The lowest BCUT2D eigenvalue weighted by Crippen LogP contribution is -2.54. The minimum atomic E-state index is -0.734. The zero-order valence-electron chi connectivity index (χ0n) is 10.2. The van der Waals surface area contributed by atoms with Crippen LogP contribution in [0.1, 0.15) is 40.5 Å². The molecule has 0 aliphatic carbocycles. The van der Waals surface area contributed by atoms with Gasteiger partial charge in [0.15, 0.2) is 0 Å². The van der Waals surface area contributed by atoms with Gasteiger partial charge in [-0.1, -0.05) is 34.1 Å². The molecule has 0 fully saturated rings. The predicted molar refractivity (Wildman–Crippen MR) is 61.3 cm³/mol. The van der Waals surface area contributed by atoms with Crippen molar-refractivity contribution >= 4 is 5.97 Å². The highest BCUT2D eigenvalue weighted by Gasteiger charge is 2.31. The molecule has 0 bridgehead atoms. The van der Waals surface area contributed by atoms with Gasteiger partial charge in [0, 0.05) is 6.04 Å². The number of ether oxygens (including phenoxy) is 1. The molecule has 0 heterocycles. The third kappa shape index (κ3) is 5.14. The first-order valence-electron chi connectivity index (χ1n) is 5.48. The number of hydrogen-bond donors (Lipinski definition) is 2. The lowest BCUT2D eigenvalue weighted by Gasteiger charge is -2.30. The van der Waals surface area contributed by atoms with Crippen LogP contribution >= 0.6 is 0 Å². The molecule has 2 unspecified atom stereocenters. The van der Waals surface area contributed by atoms with Crippen LogP contribution in [-0.4, -0.2) is 24.7 Å². The van der Waals surface area contributed by atoms with Gasteiger partial charge in [-0.15, -0.1) is 0 Å². The van der Waals surface area contributed by atoms with E-state index < -0.39 is 12.0 Å². The van der Waals surface area contributed by atoms with Crippen LogP contribution in [0.5, 0.6) is 0 Å². The molecule has 0 aliphatic heterocycles. The van der Waals surface area contributed by atoms with Gasteiger partial charge in [-0.2, -0.15) is 0 Å². The molecule has 0 aliphatic rings. The van der Waals surface area contributed by atoms with Crippen molar-refractivity contribution < 1.29 is 9.53 Å². The summed E-state index contributed by atoms with van der Waals surface area (Å²) >= 11 is 0. The number of unbranched alkanes of at least 4 members (excludes halogenated alkanes) is 1. The van der Waals surface area contributed by atoms with Crippen molar-refractivity contribution in [3.63, 3.8) is 0 Å². The van der Waals surface area contributed by atoms with Gasteiger partial charge in [0.1, 0.15) is 6.04 Å². The van der Waals surface area contributed by atoms with E-state index in [9.17, 15) is 4.79 Å². The second kappa shape index (κ2) is 6.08. The predicted octanol–water partition coefficient (Wildman–Crippen LogP) is 1.03. The van der Waals surface area contributed by atoms with Crippen LogP contribution in [0.25, 0.3) is 0 Å². The Morgan fingerprint density at radius 1 is 1.33 bits per heavy atom. The van der Waals surface area contributed by atoms with E-state index in [1.165, 1.54) is 0 Å². The second-order valence-corrected chi connectivity index (χ2v) is 4.94. The van der Waals surface area contributed by atoms with E-state index in [1.54, 1.807) is 0 Å². The number of rotatable bonds is 5. The normalized spacial score (nSPS) is 15.9. The van der Waals surface area contributed by atoms with Crippen molar-refractivity contribution in [1.82, 2.24) is 0 Å². The average molecular weight is 216 g/mol. The Balaban J connectivity index is 4.08. The summed E-state index contributed by atoms with van der Waals surface area (Å²) in [5.74, 6) is -0.397. The molecule has 0 rings (SSSR count). The number of carbonyl (C=O) groups is 1. The van der Waals surface area contributed by atoms with E-state index >= 15 is 0 Å². The highest BCUT2D eigenvalue weighted by molar-refractivity contribution is 5.76. The fourth-order valence-electron chi connectivity index (χ4n) is 1.10. The average Bonchev–Trinajstić information content (AvgIpc) is 2.14. The minimum Gasteiger partial charge on any atom is -0.464 e. The summed E-state index contributed by atoms with van der Waals surface area (Å²) in [4.78, 5) is 11.5. The SMILES string of the molecule is CCCCOC(=O)C(N)C(N)C(C)(C)C. The van der Waals surface area contributed by atoms with E-state index in [0.717, 1.165) is 12.8 Å². The van der Waals surface area contributed by atoms with Crippen LogP contribution in [0.3, 0.4) is 0 Å². The smallest absolute Gasteiger partial charge is 0.324 e. The third-order valence-corrected chi connectivity index (χ3v) is 2.40. The largest absolute Gasteiger partial charge is 0.464 e. The molecule has 4 nitrogen and oxygen atoms in total. The van der Waals surface area contributed by atoms with E-state index in [2.05, 4.69) is 0 Å². The van der Waals surface area contributed by atoms with Gasteiger partial charge < -0.3 is 16.2 Å². The van der Waals surface area contributed by atoms with Crippen molar-refractivity contribution in [2.45, 2.75) is 52.6 Å². The van der Waals surface area contributed by atoms with Gasteiger partial charge in [0.2, 0.25) is 0 Å². The number of carbonyl (C=O) groups excluding carboxylic acids is 1. The minimum absolute atomic E-state index is 0.191. The Morgan fingerprint density at radius 2 is 1.87 bits per heavy atom. The maximum absolute atomic E-state index is 11.5. The molecule has 0 aromatic carbocycles. The Hall–Kier alpha value is -0.610. The molecular formula is C11H24N2O2. The molecule has 0 amide bonds.